The molecule has 0 aliphatic carbocycles. The zero-order valence-electron chi connectivity index (χ0n) is 7.98. The topological polar surface area (TPSA) is 0 Å². The average Bonchev–Trinajstić information content (AvgIpc) is 2.03. The summed E-state index contributed by atoms with van der Waals surface area (Å²) in [6.07, 6.45) is 0. The minimum atomic E-state index is -6.00. The molecule has 0 atom stereocenters. The minimum absolute atomic E-state index is 0.212. The van der Waals surface area contributed by atoms with E-state index < -0.39 is 7.25 Å². The molecule has 0 saturated heterocycles. The first kappa shape index (κ1) is 13.4. The van der Waals surface area contributed by atoms with Crippen LogP contribution in [0.1, 0.15) is 0 Å². The highest BCUT2D eigenvalue weighted by atomic mass is 31.1. The molecule has 14 heavy (non-hydrogen) atoms. The lowest BCUT2D eigenvalue weighted by Gasteiger charge is -1.94. The van der Waals surface area contributed by atoms with Gasteiger partial charge in [-0.3, -0.25) is 0 Å². The Morgan fingerprint density at radius 2 is 1.29 bits per heavy atom. The third-order valence-corrected chi connectivity index (χ3v) is 2.84. The second-order valence-electron chi connectivity index (χ2n) is 2.86. The van der Waals surface area contributed by atoms with Crippen molar-refractivity contribution in [3.63, 3.8) is 0 Å². The summed E-state index contributed by atoms with van der Waals surface area (Å²) >= 11 is 0. The molecule has 1 aromatic carbocycles. The number of benzene rings is 1. The van der Waals surface area contributed by atoms with Gasteiger partial charge >= 0.3 is 7.25 Å². The summed E-state index contributed by atoms with van der Waals surface area (Å²) in [4.78, 5) is 0. The van der Waals surface area contributed by atoms with E-state index in [1.165, 1.54) is 5.30 Å². The van der Waals surface area contributed by atoms with Gasteiger partial charge in [0.2, 0.25) is 0 Å². The van der Waals surface area contributed by atoms with Crippen molar-refractivity contribution in [2.45, 2.75) is 0 Å². The lowest BCUT2D eigenvalue weighted by Crippen LogP contribution is -2.02. The van der Waals surface area contributed by atoms with E-state index in [-0.39, 0.29) is 7.92 Å². The Labute approximate surface area is 82.2 Å². The van der Waals surface area contributed by atoms with Gasteiger partial charge < -0.3 is 17.3 Å². The monoisotopic (exact) mass is 226 g/mol. The van der Waals surface area contributed by atoms with Crippen LogP contribution in [0, 0.1) is 0 Å². The summed E-state index contributed by atoms with van der Waals surface area (Å²) in [6.45, 7) is 4.61. The van der Waals surface area contributed by atoms with Gasteiger partial charge in [0.15, 0.2) is 0 Å². The van der Waals surface area contributed by atoms with E-state index >= 15 is 0 Å². The molecule has 0 heterocycles. The highest BCUT2D eigenvalue weighted by Crippen LogP contribution is 2.22. The Balaban J connectivity index is 0.000000292. The molecule has 0 saturated carbocycles. The van der Waals surface area contributed by atoms with E-state index in [4.69, 9.17) is 0 Å². The van der Waals surface area contributed by atoms with Gasteiger partial charge in [0.1, 0.15) is 0 Å². The van der Waals surface area contributed by atoms with Crippen LogP contribution in [0.15, 0.2) is 30.3 Å². The molecule has 80 valence electrons. The second kappa shape index (κ2) is 6.02. The van der Waals surface area contributed by atoms with Gasteiger partial charge in [0, 0.05) is 7.92 Å². The van der Waals surface area contributed by atoms with Crippen molar-refractivity contribution in [3.05, 3.63) is 30.3 Å². The Hall–Kier alpha value is -0.565. The molecule has 0 aromatic heterocycles. The highest BCUT2D eigenvalue weighted by molar-refractivity contribution is 7.64. The van der Waals surface area contributed by atoms with Crippen LogP contribution in [-0.2, 0) is 0 Å². The van der Waals surface area contributed by atoms with Crippen molar-refractivity contribution in [1.29, 1.82) is 0 Å². The Kier molecular flexibility index (Phi) is 5.78. The molecule has 0 amide bonds. The molecule has 0 radical (unpaired) electrons. The molecule has 0 unspecified atom stereocenters. The van der Waals surface area contributed by atoms with E-state index in [0.29, 0.717) is 0 Å². The van der Waals surface area contributed by atoms with Crippen LogP contribution in [-0.4, -0.2) is 20.6 Å². The van der Waals surface area contributed by atoms with Gasteiger partial charge in [-0.2, -0.15) is 0 Å². The zero-order chi connectivity index (χ0) is 11.2. The van der Waals surface area contributed by atoms with Crippen molar-refractivity contribution in [3.8, 4) is 0 Å². The van der Waals surface area contributed by atoms with Crippen LogP contribution < -0.4 is 5.30 Å². The maximum Gasteiger partial charge on any atom is 0.673 e. The smallest absolute Gasteiger partial charge is 0.418 e. The molecule has 0 aliphatic heterocycles. The fraction of sp³-hybridized carbons (Fsp3) is 0.250. The van der Waals surface area contributed by atoms with Crippen LogP contribution in [0.4, 0.5) is 17.3 Å². The van der Waals surface area contributed by atoms with Gasteiger partial charge in [-0.1, -0.05) is 18.2 Å². The number of hydrogen-bond donors (Lipinski definition) is 0. The Morgan fingerprint density at radius 1 is 0.929 bits per heavy atom. The largest absolute Gasteiger partial charge is 0.673 e. The molecular weight excluding hydrogens is 214 g/mol. The first-order chi connectivity index (χ1) is 6.30. The van der Waals surface area contributed by atoms with Gasteiger partial charge in [-0.15, -0.1) is 0 Å². The van der Waals surface area contributed by atoms with Crippen LogP contribution in [0.5, 0.6) is 0 Å². The van der Waals surface area contributed by atoms with Crippen LogP contribution in [0.3, 0.4) is 0 Å². The first-order valence-electron chi connectivity index (χ1n) is 4.03. The summed E-state index contributed by atoms with van der Waals surface area (Å²) in [6, 6.07) is 10.7. The summed E-state index contributed by atoms with van der Waals surface area (Å²) in [5.74, 6) is 0. The maximum atomic E-state index is 9.75. The van der Waals surface area contributed by atoms with E-state index in [2.05, 4.69) is 43.7 Å². The third kappa shape index (κ3) is 9.52. The summed E-state index contributed by atoms with van der Waals surface area (Å²) in [5, 5.41) is 1.52. The van der Waals surface area contributed by atoms with Crippen LogP contribution in [0.25, 0.3) is 0 Å². The lowest BCUT2D eigenvalue weighted by molar-refractivity contribution is 0.368. The quantitative estimate of drug-likeness (QED) is 0.392. The third-order valence-electron chi connectivity index (χ3n) is 1.35. The predicted molar refractivity (Wildman–Crippen MR) is 56.4 cm³/mol. The molecule has 0 bridgehead atoms. The lowest BCUT2D eigenvalue weighted by atomic mass is 10.3. The number of rotatable bonds is 1. The number of halogens is 4. The molecule has 0 spiro atoms. The SMILES string of the molecule is C[PH+](C)c1ccccc1.F[B-](F)(F)F. The second-order valence-corrected chi connectivity index (χ2v) is 5.44. The summed E-state index contributed by atoms with van der Waals surface area (Å²) < 4.78 is 39.0. The van der Waals surface area contributed by atoms with E-state index in [1.807, 2.05) is 0 Å². The zero-order valence-corrected chi connectivity index (χ0v) is 8.98. The van der Waals surface area contributed by atoms with Crippen molar-refractivity contribution in [2.75, 3.05) is 13.3 Å². The number of hydrogen-bond acceptors (Lipinski definition) is 0. The van der Waals surface area contributed by atoms with Crippen molar-refractivity contribution in [1.82, 2.24) is 0 Å². The molecule has 0 N–H and O–H groups in total. The molecule has 0 fully saturated rings. The van der Waals surface area contributed by atoms with Gasteiger partial charge in [-0.25, -0.2) is 0 Å². The van der Waals surface area contributed by atoms with Gasteiger partial charge in [-0.05, 0) is 12.1 Å². The fourth-order valence-corrected chi connectivity index (χ4v) is 1.63. The standard InChI is InChI=1S/C8H11P.BF4/c1-9(2)8-6-4-3-5-7-8;2-1(3,4)5/h3-7H,1-2H3;/q;-1/p+1. The molecule has 1 aromatic rings. The van der Waals surface area contributed by atoms with Crippen LogP contribution in [0.2, 0.25) is 0 Å². The van der Waals surface area contributed by atoms with Crippen molar-refractivity contribution >= 4 is 20.5 Å². The average molecular weight is 226 g/mol. The normalized spacial score (nSPS) is 10.8. The van der Waals surface area contributed by atoms with Gasteiger partial charge in [0.25, 0.3) is 0 Å². The molecule has 0 nitrogen and oxygen atoms in total. The summed E-state index contributed by atoms with van der Waals surface area (Å²) in [5.41, 5.74) is 0. The maximum absolute atomic E-state index is 9.75. The van der Waals surface area contributed by atoms with Crippen molar-refractivity contribution < 1.29 is 17.3 Å². The Morgan fingerprint density at radius 3 is 1.50 bits per heavy atom. The van der Waals surface area contributed by atoms with Gasteiger partial charge in [0.05, 0.1) is 18.6 Å². The van der Waals surface area contributed by atoms with E-state index in [1.54, 1.807) is 0 Å². The van der Waals surface area contributed by atoms with E-state index in [9.17, 15) is 17.3 Å². The predicted octanol–water partition coefficient (Wildman–Crippen LogP) is 3.09. The van der Waals surface area contributed by atoms with Crippen molar-refractivity contribution in [2.24, 2.45) is 0 Å². The fourth-order valence-electron chi connectivity index (χ4n) is 0.771. The van der Waals surface area contributed by atoms with E-state index in [0.717, 1.165) is 0 Å². The first-order valence-corrected chi connectivity index (χ1v) is 6.53. The molecular formula is C8H12BF4P. The highest BCUT2D eigenvalue weighted by Gasteiger charge is 2.20. The molecule has 1 rings (SSSR count). The minimum Gasteiger partial charge on any atom is -0.418 e. The van der Waals surface area contributed by atoms with Crippen LogP contribution >= 0.6 is 7.92 Å². The molecule has 0 aliphatic rings. The summed E-state index contributed by atoms with van der Waals surface area (Å²) in [7, 11) is -6.21. The Bertz CT molecular complexity index is 241. The molecule has 6 heteroatoms.